The zero-order valence-electron chi connectivity index (χ0n) is 8.77. The lowest BCUT2D eigenvalue weighted by molar-refractivity contribution is -0.124. The number of fused-ring (bicyclic) bond motifs is 1. The highest BCUT2D eigenvalue weighted by Crippen LogP contribution is 2.26. The molecule has 6 heteroatoms. The number of nitrogens with zero attached hydrogens (tertiary/aromatic N) is 1. The number of sulfonamides is 1. The van der Waals surface area contributed by atoms with E-state index in [2.05, 4.69) is 5.32 Å². The second-order valence-corrected chi connectivity index (χ2v) is 6.36. The summed E-state index contributed by atoms with van der Waals surface area (Å²) in [5.74, 6) is 0.398. The Bertz CT molecular complexity index is 366. The maximum Gasteiger partial charge on any atom is 0.220 e. The van der Waals surface area contributed by atoms with E-state index in [-0.39, 0.29) is 11.9 Å². The lowest BCUT2D eigenvalue weighted by atomic mass is 9.86. The fourth-order valence-electron chi connectivity index (χ4n) is 2.38. The van der Waals surface area contributed by atoms with Crippen LogP contribution >= 0.6 is 0 Å². The molecule has 2 rings (SSSR count). The molecule has 2 aliphatic rings. The van der Waals surface area contributed by atoms with E-state index in [1.54, 1.807) is 0 Å². The maximum atomic E-state index is 11.4. The van der Waals surface area contributed by atoms with Gasteiger partial charge in [0.25, 0.3) is 0 Å². The van der Waals surface area contributed by atoms with E-state index in [1.807, 2.05) is 0 Å². The minimum Gasteiger partial charge on any atom is -0.353 e. The summed E-state index contributed by atoms with van der Waals surface area (Å²) >= 11 is 0. The molecule has 0 aromatic carbocycles. The van der Waals surface area contributed by atoms with Crippen molar-refractivity contribution < 1.29 is 13.2 Å². The third kappa shape index (κ3) is 2.31. The van der Waals surface area contributed by atoms with Gasteiger partial charge in [-0.2, -0.15) is 0 Å². The van der Waals surface area contributed by atoms with Gasteiger partial charge in [0.2, 0.25) is 15.9 Å². The Balaban J connectivity index is 2.04. The molecule has 2 fully saturated rings. The van der Waals surface area contributed by atoms with Crippen LogP contribution in [0.25, 0.3) is 0 Å². The molecule has 2 saturated heterocycles. The molecule has 1 amide bonds. The van der Waals surface area contributed by atoms with Crippen molar-refractivity contribution in [2.75, 3.05) is 19.3 Å². The zero-order chi connectivity index (χ0) is 11.1. The molecule has 1 N–H and O–H groups in total. The monoisotopic (exact) mass is 232 g/mol. The second kappa shape index (κ2) is 3.75. The van der Waals surface area contributed by atoms with Crippen LogP contribution < -0.4 is 5.32 Å². The minimum atomic E-state index is -3.07. The van der Waals surface area contributed by atoms with Crippen LogP contribution in [0.15, 0.2) is 0 Å². The molecule has 0 saturated carbocycles. The third-order valence-electron chi connectivity index (χ3n) is 3.25. The number of hydrogen-bond donors (Lipinski definition) is 1. The largest absolute Gasteiger partial charge is 0.353 e. The first-order valence-electron chi connectivity index (χ1n) is 5.21. The summed E-state index contributed by atoms with van der Waals surface area (Å²) in [6.45, 7) is 1.09. The Hall–Kier alpha value is -0.620. The van der Waals surface area contributed by atoms with Crippen molar-refractivity contribution in [3.05, 3.63) is 0 Å². The second-order valence-electron chi connectivity index (χ2n) is 4.38. The molecule has 0 aliphatic carbocycles. The van der Waals surface area contributed by atoms with E-state index in [9.17, 15) is 13.2 Å². The van der Waals surface area contributed by atoms with Crippen LogP contribution in [0.2, 0.25) is 0 Å². The summed E-state index contributed by atoms with van der Waals surface area (Å²) in [6, 6.07) is 0.184. The number of hydrogen-bond acceptors (Lipinski definition) is 3. The molecule has 2 heterocycles. The van der Waals surface area contributed by atoms with Crippen LogP contribution in [-0.4, -0.2) is 44.0 Å². The van der Waals surface area contributed by atoms with E-state index in [1.165, 1.54) is 10.6 Å². The summed E-state index contributed by atoms with van der Waals surface area (Å²) in [7, 11) is -3.07. The molecule has 86 valence electrons. The van der Waals surface area contributed by atoms with E-state index in [4.69, 9.17) is 0 Å². The van der Waals surface area contributed by atoms with Crippen LogP contribution in [0.5, 0.6) is 0 Å². The van der Waals surface area contributed by atoms with Crippen LogP contribution in [0, 0.1) is 5.92 Å². The molecule has 5 nitrogen and oxygen atoms in total. The van der Waals surface area contributed by atoms with Crippen LogP contribution in [0.1, 0.15) is 19.3 Å². The molecular weight excluding hydrogens is 216 g/mol. The van der Waals surface area contributed by atoms with E-state index in [0.29, 0.717) is 25.4 Å². The van der Waals surface area contributed by atoms with Crippen LogP contribution in [0.3, 0.4) is 0 Å². The topological polar surface area (TPSA) is 66.5 Å². The van der Waals surface area contributed by atoms with Gasteiger partial charge in [0.05, 0.1) is 6.26 Å². The molecule has 0 aromatic rings. The van der Waals surface area contributed by atoms with Gasteiger partial charge in [0.15, 0.2) is 0 Å². The predicted molar refractivity (Wildman–Crippen MR) is 55.7 cm³/mol. The van der Waals surface area contributed by atoms with E-state index < -0.39 is 10.0 Å². The van der Waals surface area contributed by atoms with Gasteiger partial charge in [-0.15, -0.1) is 0 Å². The number of rotatable bonds is 1. The van der Waals surface area contributed by atoms with Gasteiger partial charge in [0.1, 0.15) is 0 Å². The maximum absolute atomic E-state index is 11.4. The van der Waals surface area contributed by atoms with Crippen molar-refractivity contribution in [3.8, 4) is 0 Å². The molecule has 0 bridgehead atoms. The van der Waals surface area contributed by atoms with Crippen molar-refractivity contribution in [3.63, 3.8) is 0 Å². The average Bonchev–Trinajstić information content (AvgIpc) is 2.15. The number of carbonyl (C=O) groups is 1. The molecular formula is C9H16N2O3S. The van der Waals surface area contributed by atoms with Gasteiger partial charge in [-0.05, 0) is 18.8 Å². The predicted octanol–water partition coefficient (Wildman–Crippen LogP) is -0.453. The van der Waals surface area contributed by atoms with E-state index in [0.717, 1.165) is 12.8 Å². The first-order valence-corrected chi connectivity index (χ1v) is 7.06. The highest BCUT2D eigenvalue weighted by atomic mass is 32.2. The van der Waals surface area contributed by atoms with Gasteiger partial charge in [-0.1, -0.05) is 0 Å². The Morgan fingerprint density at radius 1 is 1.40 bits per heavy atom. The smallest absolute Gasteiger partial charge is 0.220 e. The van der Waals surface area contributed by atoms with Crippen LogP contribution in [-0.2, 0) is 14.8 Å². The lowest BCUT2D eigenvalue weighted by Gasteiger charge is -2.40. The van der Waals surface area contributed by atoms with E-state index >= 15 is 0 Å². The summed E-state index contributed by atoms with van der Waals surface area (Å²) in [5.41, 5.74) is 0. The van der Waals surface area contributed by atoms with Gasteiger partial charge in [-0.3, -0.25) is 4.79 Å². The summed E-state index contributed by atoms with van der Waals surface area (Å²) in [6.07, 6.45) is 3.32. The van der Waals surface area contributed by atoms with Crippen molar-refractivity contribution in [1.29, 1.82) is 0 Å². The summed E-state index contributed by atoms with van der Waals surface area (Å²) < 4.78 is 24.2. The van der Waals surface area contributed by atoms with Crippen molar-refractivity contribution >= 4 is 15.9 Å². The standard InChI is InChI=1S/C9H16N2O3S/c1-15(13,14)11-5-4-8-7(6-11)2-3-9(12)10-8/h7-8H,2-6H2,1H3,(H,10,12). The fraction of sp³-hybridized carbons (Fsp3) is 0.889. The van der Waals surface area contributed by atoms with Gasteiger partial charge in [-0.25, -0.2) is 12.7 Å². The Labute approximate surface area is 89.9 Å². The molecule has 0 spiro atoms. The minimum absolute atomic E-state index is 0.101. The number of nitrogens with one attached hydrogen (secondary N) is 1. The quantitative estimate of drug-likeness (QED) is 0.665. The van der Waals surface area contributed by atoms with Gasteiger partial charge >= 0.3 is 0 Å². The molecule has 2 atom stereocenters. The fourth-order valence-corrected chi connectivity index (χ4v) is 3.28. The highest BCUT2D eigenvalue weighted by Gasteiger charge is 2.36. The Morgan fingerprint density at radius 3 is 2.80 bits per heavy atom. The molecule has 2 unspecified atom stereocenters. The zero-order valence-corrected chi connectivity index (χ0v) is 9.59. The Kier molecular flexibility index (Phi) is 2.72. The lowest BCUT2D eigenvalue weighted by Crippen LogP contribution is -2.54. The first-order chi connectivity index (χ1) is 6.97. The summed E-state index contributed by atoms with van der Waals surface area (Å²) in [4.78, 5) is 11.2. The van der Waals surface area contributed by atoms with Gasteiger partial charge in [0, 0.05) is 25.6 Å². The molecule has 2 aliphatic heterocycles. The number of amides is 1. The van der Waals surface area contributed by atoms with Gasteiger partial charge < -0.3 is 5.32 Å². The first kappa shape index (κ1) is 10.9. The Morgan fingerprint density at radius 2 is 2.13 bits per heavy atom. The SMILES string of the molecule is CS(=O)(=O)N1CCC2NC(=O)CCC2C1. The normalized spacial score (nSPS) is 33.3. The number of piperidine rings is 2. The van der Waals surface area contributed by atoms with Crippen molar-refractivity contribution in [2.45, 2.75) is 25.3 Å². The van der Waals surface area contributed by atoms with Crippen molar-refractivity contribution in [1.82, 2.24) is 9.62 Å². The number of carbonyl (C=O) groups excluding carboxylic acids is 1. The highest BCUT2D eigenvalue weighted by molar-refractivity contribution is 7.88. The molecule has 0 radical (unpaired) electrons. The van der Waals surface area contributed by atoms with Crippen molar-refractivity contribution in [2.24, 2.45) is 5.92 Å². The summed E-state index contributed by atoms with van der Waals surface area (Å²) in [5, 5.41) is 2.93. The third-order valence-corrected chi connectivity index (χ3v) is 4.52. The average molecular weight is 232 g/mol. The molecule has 0 aromatic heterocycles. The molecule has 15 heavy (non-hydrogen) atoms. The van der Waals surface area contributed by atoms with Crippen LogP contribution in [0.4, 0.5) is 0 Å².